The van der Waals surface area contributed by atoms with Gasteiger partial charge >= 0.3 is 0 Å². The third-order valence-electron chi connectivity index (χ3n) is 5.66. The van der Waals surface area contributed by atoms with Gasteiger partial charge in [-0.3, -0.25) is 9.59 Å². The molecule has 30 heavy (non-hydrogen) atoms. The summed E-state index contributed by atoms with van der Waals surface area (Å²) in [5.74, 6) is 0.0606. The summed E-state index contributed by atoms with van der Waals surface area (Å²) in [7, 11) is 0. The van der Waals surface area contributed by atoms with Crippen LogP contribution in [0.2, 0.25) is 0 Å². The molecule has 0 saturated heterocycles. The van der Waals surface area contributed by atoms with Gasteiger partial charge < -0.3 is 10.6 Å². The molecule has 0 aliphatic heterocycles. The Hall–Kier alpha value is -2.62. The van der Waals surface area contributed by atoms with Crippen molar-refractivity contribution < 1.29 is 9.59 Å². The summed E-state index contributed by atoms with van der Waals surface area (Å²) in [4.78, 5) is 25.0. The van der Waals surface area contributed by atoms with E-state index in [1.165, 1.54) is 11.1 Å². The molecule has 0 aliphatic rings. The molecule has 2 rings (SSSR count). The fraction of sp³-hybridized carbons (Fsp3) is 0.462. The highest BCUT2D eigenvalue weighted by molar-refractivity contribution is 5.88. The van der Waals surface area contributed by atoms with Crippen LogP contribution >= 0.6 is 0 Å². The highest BCUT2D eigenvalue weighted by atomic mass is 16.2. The zero-order valence-corrected chi connectivity index (χ0v) is 18.6. The normalized spacial score (nSPS) is 12.9. The molecule has 4 nitrogen and oxygen atoms in total. The number of carbonyl (C=O) groups is 2. The van der Waals surface area contributed by atoms with Crippen molar-refractivity contribution >= 4 is 11.8 Å². The first-order chi connectivity index (χ1) is 14.6. The molecule has 0 bridgehead atoms. The van der Waals surface area contributed by atoms with E-state index in [4.69, 9.17) is 0 Å². The van der Waals surface area contributed by atoms with Crippen LogP contribution in [0.4, 0.5) is 0 Å². The van der Waals surface area contributed by atoms with Crippen molar-refractivity contribution in [1.82, 2.24) is 10.6 Å². The van der Waals surface area contributed by atoms with E-state index in [2.05, 4.69) is 41.8 Å². The van der Waals surface area contributed by atoms with Gasteiger partial charge in [0.1, 0.15) is 6.04 Å². The number of rotatable bonds is 12. The van der Waals surface area contributed by atoms with Gasteiger partial charge in [0.2, 0.25) is 11.8 Å². The lowest BCUT2D eigenvalue weighted by Crippen LogP contribution is -2.47. The average molecular weight is 409 g/mol. The number of unbranched alkanes of at least 4 members (excludes halogenated alkanes) is 1. The minimum atomic E-state index is -0.528. The van der Waals surface area contributed by atoms with Crippen LogP contribution in [0, 0.1) is 5.92 Å². The van der Waals surface area contributed by atoms with Crippen LogP contribution < -0.4 is 10.6 Å². The second-order valence-corrected chi connectivity index (χ2v) is 7.93. The second kappa shape index (κ2) is 12.8. The van der Waals surface area contributed by atoms with E-state index >= 15 is 0 Å². The van der Waals surface area contributed by atoms with E-state index in [9.17, 15) is 9.59 Å². The Balaban J connectivity index is 1.90. The van der Waals surface area contributed by atoms with Crippen molar-refractivity contribution in [2.24, 2.45) is 5.92 Å². The molecule has 0 aromatic heterocycles. The summed E-state index contributed by atoms with van der Waals surface area (Å²) in [6, 6.07) is 20.2. The lowest BCUT2D eigenvalue weighted by Gasteiger charge is -2.21. The van der Waals surface area contributed by atoms with Gasteiger partial charge in [0.25, 0.3) is 0 Å². The largest absolute Gasteiger partial charge is 0.354 e. The smallest absolute Gasteiger partial charge is 0.242 e. The van der Waals surface area contributed by atoms with Crippen LogP contribution in [0.5, 0.6) is 0 Å². The molecule has 2 N–H and O–H groups in total. The van der Waals surface area contributed by atoms with Gasteiger partial charge in [-0.1, -0.05) is 87.4 Å². The summed E-state index contributed by atoms with van der Waals surface area (Å²) < 4.78 is 0. The van der Waals surface area contributed by atoms with Crippen LogP contribution in [0.25, 0.3) is 0 Å². The van der Waals surface area contributed by atoms with E-state index in [1.807, 2.05) is 43.3 Å². The lowest BCUT2D eigenvalue weighted by atomic mass is 9.88. The van der Waals surface area contributed by atoms with E-state index in [0.29, 0.717) is 6.54 Å². The Morgan fingerprint density at radius 1 is 0.833 bits per heavy atom. The predicted octanol–water partition coefficient (Wildman–Crippen LogP) is 5.05. The summed E-state index contributed by atoms with van der Waals surface area (Å²) in [6.45, 7) is 6.46. The highest BCUT2D eigenvalue weighted by Gasteiger charge is 2.21. The molecule has 2 atom stereocenters. The summed E-state index contributed by atoms with van der Waals surface area (Å²) >= 11 is 0. The number of hydrogen-bond acceptors (Lipinski definition) is 2. The van der Waals surface area contributed by atoms with Gasteiger partial charge in [-0.05, 0) is 37.3 Å². The van der Waals surface area contributed by atoms with Gasteiger partial charge in [0.05, 0.1) is 0 Å². The SMILES string of the molecule is CCCCC(CC)C(=O)NC(C)C(=O)NCCC(c1ccccc1)c1ccccc1. The van der Waals surface area contributed by atoms with Crippen LogP contribution in [0.15, 0.2) is 60.7 Å². The molecular formula is C26H36N2O2. The van der Waals surface area contributed by atoms with E-state index < -0.39 is 6.04 Å². The molecule has 0 aliphatic carbocycles. The first-order valence-electron chi connectivity index (χ1n) is 11.2. The van der Waals surface area contributed by atoms with E-state index in [1.54, 1.807) is 6.92 Å². The summed E-state index contributed by atoms with van der Waals surface area (Å²) in [6.07, 6.45) is 4.59. The summed E-state index contributed by atoms with van der Waals surface area (Å²) in [5, 5.41) is 5.89. The molecule has 2 unspecified atom stereocenters. The predicted molar refractivity (Wildman–Crippen MR) is 123 cm³/mol. The molecular weight excluding hydrogens is 372 g/mol. The molecule has 2 aromatic carbocycles. The standard InChI is InChI=1S/C26H36N2O2/c1-4-6-13-21(5-2)26(30)28-20(3)25(29)27-19-18-24(22-14-9-7-10-15-22)23-16-11-8-12-17-23/h7-12,14-17,20-21,24H,4-6,13,18-19H2,1-3H3,(H,27,29)(H,28,30). The van der Waals surface area contributed by atoms with Crippen LogP contribution in [0.3, 0.4) is 0 Å². The van der Waals surface area contributed by atoms with Crippen LogP contribution in [-0.2, 0) is 9.59 Å². The van der Waals surface area contributed by atoms with E-state index in [-0.39, 0.29) is 23.7 Å². The topological polar surface area (TPSA) is 58.2 Å². The maximum absolute atomic E-state index is 12.5. The minimum Gasteiger partial charge on any atom is -0.354 e. The van der Waals surface area contributed by atoms with Crippen molar-refractivity contribution in [3.63, 3.8) is 0 Å². The molecule has 4 heteroatoms. The molecule has 162 valence electrons. The zero-order chi connectivity index (χ0) is 21.8. The fourth-order valence-electron chi connectivity index (χ4n) is 3.76. The second-order valence-electron chi connectivity index (χ2n) is 7.93. The average Bonchev–Trinajstić information content (AvgIpc) is 2.78. The van der Waals surface area contributed by atoms with Crippen molar-refractivity contribution in [3.05, 3.63) is 71.8 Å². The van der Waals surface area contributed by atoms with Gasteiger partial charge in [0.15, 0.2) is 0 Å². The zero-order valence-electron chi connectivity index (χ0n) is 18.6. The van der Waals surface area contributed by atoms with Gasteiger partial charge in [0, 0.05) is 18.4 Å². The van der Waals surface area contributed by atoms with Gasteiger partial charge in [-0.2, -0.15) is 0 Å². The van der Waals surface area contributed by atoms with Gasteiger partial charge in [-0.25, -0.2) is 0 Å². The fourth-order valence-corrected chi connectivity index (χ4v) is 3.76. The maximum atomic E-state index is 12.5. The van der Waals surface area contributed by atoms with Crippen molar-refractivity contribution in [2.45, 2.75) is 64.8 Å². The third-order valence-corrected chi connectivity index (χ3v) is 5.66. The first kappa shape index (κ1) is 23.7. The van der Waals surface area contributed by atoms with Gasteiger partial charge in [-0.15, -0.1) is 0 Å². The quantitative estimate of drug-likeness (QED) is 0.516. The van der Waals surface area contributed by atoms with Crippen LogP contribution in [0.1, 0.15) is 69.9 Å². The first-order valence-corrected chi connectivity index (χ1v) is 11.2. The molecule has 2 aromatic rings. The Morgan fingerprint density at radius 3 is 1.90 bits per heavy atom. The molecule has 0 fully saturated rings. The number of hydrogen-bond donors (Lipinski definition) is 2. The van der Waals surface area contributed by atoms with Crippen molar-refractivity contribution in [1.29, 1.82) is 0 Å². The maximum Gasteiger partial charge on any atom is 0.242 e. The Morgan fingerprint density at radius 2 is 1.40 bits per heavy atom. The monoisotopic (exact) mass is 408 g/mol. The molecule has 0 heterocycles. The van der Waals surface area contributed by atoms with E-state index in [0.717, 1.165) is 32.1 Å². The number of amides is 2. The summed E-state index contributed by atoms with van der Waals surface area (Å²) in [5.41, 5.74) is 2.47. The lowest BCUT2D eigenvalue weighted by molar-refractivity contribution is -0.131. The number of carbonyl (C=O) groups excluding carboxylic acids is 2. The van der Waals surface area contributed by atoms with Crippen molar-refractivity contribution in [2.75, 3.05) is 6.54 Å². The third kappa shape index (κ3) is 7.33. The van der Waals surface area contributed by atoms with Crippen molar-refractivity contribution in [3.8, 4) is 0 Å². The highest BCUT2D eigenvalue weighted by Crippen LogP contribution is 2.27. The van der Waals surface area contributed by atoms with Crippen LogP contribution in [-0.4, -0.2) is 24.4 Å². The Kier molecular flexibility index (Phi) is 10.1. The molecule has 2 amide bonds. The molecule has 0 saturated carbocycles. The number of nitrogens with one attached hydrogen (secondary N) is 2. The molecule has 0 spiro atoms. The number of benzene rings is 2. The Labute approximate surface area is 181 Å². The Bertz CT molecular complexity index is 722. The minimum absolute atomic E-state index is 0.0132. The molecule has 0 radical (unpaired) electrons.